The SMILES string of the molecule is N#CCc1cc(Cl)nc(CCl)c1C(F)F. The number of nitriles is 1. The summed E-state index contributed by atoms with van der Waals surface area (Å²) in [5.74, 6) is -0.154. The van der Waals surface area contributed by atoms with Crippen molar-refractivity contribution in [1.29, 1.82) is 5.26 Å². The lowest BCUT2D eigenvalue weighted by molar-refractivity contribution is 0.149. The number of halogens is 4. The molecule has 0 aliphatic heterocycles. The molecule has 15 heavy (non-hydrogen) atoms. The summed E-state index contributed by atoms with van der Waals surface area (Å²) in [6.45, 7) is 0. The van der Waals surface area contributed by atoms with Crippen LogP contribution in [0.2, 0.25) is 5.15 Å². The third kappa shape index (κ3) is 2.77. The summed E-state index contributed by atoms with van der Waals surface area (Å²) in [5.41, 5.74) is -0.0662. The van der Waals surface area contributed by atoms with Gasteiger partial charge in [-0.3, -0.25) is 0 Å². The van der Waals surface area contributed by atoms with Gasteiger partial charge in [-0.15, -0.1) is 11.6 Å². The maximum atomic E-state index is 12.7. The summed E-state index contributed by atoms with van der Waals surface area (Å²) in [6, 6.07) is 3.06. The fourth-order valence-corrected chi connectivity index (χ4v) is 1.67. The maximum absolute atomic E-state index is 12.7. The van der Waals surface area contributed by atoms with Crippen LogP contribution in [0.15, 0.2) is 6.07 Å². The molecular formula is C9H6Cl2F2N2. The van der Waals surface area contributed by atoms with Crippen molar-refractivity contribution in [2.75, 3.05) is 0 Å². The molecule has 0 N–H and O–H groups in total. The van der Waals surface area contributed by atoms with Crippen LogP contribution in [0.3, 0.4) is 0 Å². The molecule has 0 aromatic carbocycles. The molecule has 2 nitrogen and oxygen atoms in total. The first-order valence-electron chi connectivity index (χ1n) is 3.99. The normalized spacial score (nSPS) is 10.4. The van der Waals surface area contributed by atoms with E-state index < -0.39 is 6.43 Å². The summed E-state index contributed by atoms with van der Waals surface area (Å²) >= 11 is 11.1. The zero-order valence-electron chi connectivity index (χ0n) is 7.48. The zero-order valence-corrected chi connectivity index (χ0v) is 8.99. The molecular weight excluding hydrogens is 245 g/mol. The Kier molecular flexibility index (Phi) is 4.25. The van der Waals surface area contributed by atoms with Gasteiger partial charge in [-0.2, -0.15) is 5.26 Å². The number of aromatic nitrogens is 1. The largest absolute Gasteiger partial charge is 0.265 e. The van der Waals surface area contributed by atoms with Crippen LogP contribution in [-0.4, -0.2) is 4.98 Å². The third-order valence-electron chi connectivity index (χ3n) is 1.81. The van der Waals surface area contributed by atoms with Crippen LogP contribution in [0, 0.1) is 11.3 Å². The molecule has 0 saturated carbocycles. The highest BCUT2D eigenvalue weighted by atomic mass is 35.5. The predicted octanol–water partition coefficient (Wildman–Crippen LogP) is 3.48. The van der Waals surface area contributed by atoms with Crippen LogP contribution in [0.5, 0.6) is 0 Å². The molecule has 0 bridgehead atoms. The average Bonchev–Trinajstić information content (AvgIpc) is 2.16. The van der Waals surface area contributed by atoms with Crippen LogP contribution < -0.4 is 0 Å². The highest BCUT2D eigenvalue weighted by Crippen LogP contribution is 2.29. The van der Waals surface area contributed by atoms with Crippen molar-refractivity contribution in [1.82, 2.24) is 4.98 Å². The Morgan fingerprint density at radius 3 is 2.67 bits per heavy atom. The molecule has 0 radical (unpaired) electrons. The molecule has 80 valence electrons. The lowest BCUT2D eigenvalue weighted by Gasteiger charge is -2.10. The molecule has 0 aliphatic rings. The van der Waals surface area contributed by atoms with Crippen molar-refractivity contribution >= 4 is 23.2 Å². The molecule has 1 rings (SSSR count). The molecule has 1 heterocycles. The van der Waals surface area contributed by atoms with E-state index in [0.717, 1.165) is 0 Å². The minimum atomic E-state index is -2.70. The van der Waals surface area contributed by atoms with Crippen LogP contribution in [0.1, 0.15) is 23.2 Å². The van der Waals surface area contributed by atoms with Gasteiger partial charge in [0.05, 0.1) is 24.1 Å². The Balaban J connectivity index is 3.34. The van der Waals surface area contributed by atoms with E-state index in [4.69, 9.17) is 28.5 Å². The Hall–Kier alpha value is -0.920. The summed E-state index contributed by atoms with van der Waals surface area (Å²) in [7, 11) is 0. The third-order valence-corrected chi connectivity index (χ3v) is 2.25. The molecule has 0 fully saturated rings. The predicted molar refractivity (Wildman–Crippen MR) is 53.1 cm³/mol. The lowest BCUT2D eigenvalue weighted by atomic mass is 10.1. The summed E-state index contributed by atoms with van der Waals surface area (Å²) in [4.78, 5) is 3.70. The van der Waals surface area contributed by atoms with Crippen molar-refractivity contribution in [3.8, 4) is 6.07 Å². The molecule has 6 heteroatoms. The Morgan fingerprint density at radius 2 is 2.20 bits per heavy atom. The molecule has 1 aromatic heterocycles. The molecule has 0 amide bonds. The van der Waals surface area contributed by atoms with E-state index in [-0.39, 0.29) is 34.3 Å². The van der Waals surface area contributed by atoms with Crippen molar-refractivity contribution in [3.05, 3.63) is 28.0 Å². The van der Waals surface area contributed by atoms with Gasteiger partial charge >= 0.3 is 0 Å². The van der Waals surface area contributed by atoms with Crippen molar-refractivity contribution < 1.29 is 8.78 Å². The smallest absolute Gasteiger partial charge is 0.239 e. The molecule has 0 spiro atoms. The first kappa shape index (κ1) is 12.2. The van der Waals surface area contributed by atoms with Crippen LogP contribution in [0.4, 0.5) is 8.78 Å². The van der Waals surface area contributed by atoms with Gasteiger partial charge in [-0.25, -0.2) is 13.8 Å². The summed E-state index contributed by atoms with van der Waals surface area (Å²) < 4.78 is 25.4. The van der Waals surface area contributed by atoms with E-state index in [2.05, 4.69) is 4.98 Å². The fourth-order valence-electron chi connectivity index (χ4n) is 1.23. The van der Waals surface area contributed by atoms with E-state index in [1.165, 1.54) is 6.07 Å². The average molecular weight is 251 g/mol. The van der Waals surface area contributed by atoms with Gasteiger partial charge in [-0.05, 0) is 11.6 Å². The fraction of sp³-hybridized carbons (Fsp3) is 0.333. The monoisotopic (exact) mass is 250 g/mol. The van der Waals surface area contributed by atoms with Crippen molar-refractivity contribution in [2.45, 2.75) is 18.7 Å². The van der Waals surface area contributed by atoms with Gasteiger partial charge in [-0.1, -0.05) is 11.6 Å². The zero-order chi connectivity index (χ0) is 11.4. The second kappa shape index (κ2) is 5.24. The Labute approximate surface area is 95.4 Å². The van der Waals surface area contributed by atoms with Crippen molar-refractivity contribution in [2.24, 2.45) is 0 Å². The molecule has 0 unspecified atom stereocenters. The highest BCUT2D eigenvalue weighted by molar-refractivity contribution is 6.29. The summed E-state index contributed by atoms with van der Waals surface area (Å²) in [5, 5.41) is 8.56. The number of pyridine rings is 1. The molecule has 0 saturated heterocycles. The van der Waals surface area contributed by atoms with Gasteiger partial charge in [0.25, 0.3) is 6.43 Å². The minimum Gasteiger partial charge on any atom is -0.239 e. The lowest BCUT2D eigenvalue weighted by Crippen LogP contribution is -2.02. The van der Waals surface area contributed by atoms with Gasteiger partial charge in [0, 0.05) is 5.56 Å². The second-order valence-corrected chi connectivity index (χ2v) is 3.39. The quantitative estimate of drug-likeness (QED) is 0.609. The standard InChI is InChI=1S/C9H6Cl2F2N2/c10-4-6-8(9(12)13)5(1-2-14)3-7(11)15-6/h3,9H,1,4H2. The Morgan fingerprint density at radius 1 is 1.53 bits per heavy atom. The number of nitrogens with zero attached hydrogens (tertiary/aromatic N) is 2. The maximum Gasteiger partial charge on any atom is 0.265 e. The summed E-state index contributed by atoms with van der Waals surface area (Å²) in [6.07, 6.45) is -2.84. The van der Waals surface area contributed by atoms with Crippen LogP contribution >= 0.6 is 23.2 Å². The van der Waals surface area contributed by atoms with Gasteiger partial charge in [0.1, 0.15) is 5.15 Å². The van der Waals surface area contributed by atoms with Gasteiger partial charge < -0.3 is 0 Å². The Bertz CT molecular complexity index is 402. The van der Waals surface area contributed by atoms with E-state index in [1.54, 1.807) is 6.07 Å². The topological polar surface area (TPSA) is 36.7 Å². The first-order chi connectivity index (χ1) is 7.10. The first-order valence-corrected chi connectivity index (χ1v) is 4.90. The van der Waals surface area contributed by atoms with Crippen molar-refractivity contribution in [3.63, 3.8) is 0 Å². The second-order valence-electron chi connectivity index (χ2n) is 2.73. The number of hydrogen-bond acceptors (Lipinski definition) is 2. The number of alkyl halides is 3. The molecule has 0 aliphatic carbocycles. The van der Waals surface area contributed by atoms with E-state index in [9.17, 15) is 8.78 Å². The van der Waals surface area contributed by atoms with E-state index >= 15 is 0 Å². The number of rotatable bonds is 3. The minimum absolute atomic E-state index is 0.0319. The van der Waals surface area contributed by atoms with Gasteiger partial charge in [0.2, 0.25) is 0 Å². The van der Waals surface area contributed by atoms with Gasteiger partial charge in [0.15, 0.2) is 0 Å². The molecule has 1 aromatic rings. The van der Waals surface area contributed by atoms with Crippen LogP contribution in [-0.2, 0) is 12.3 Å². The van der Waals surface area contributed by atoms with Crippen LogP contribution in [0.25, 0.3) is 0 Å². The molecule has 0 atom stereocenters. The highest BCUT2D eigenvalue weighted by Gasteiger charge is 2.19. The van der Waals surface area contributed by atoms with E-state index in [1.807, 2.05) is 0 Å². The number of hydrogen-bond donors (Lipinski definition) is 0. The van der Waals surface area contributed by atoms with E-state index in [0.29, 0.717) is 0 Å².